The van der Waals surface area contributed by atoms with E-state index in [1.54, 1.807) is 12.1 Å². The van der Waals surface area contributed by atoms with Crippen molar-refractivity contribution in [1.82, 2.24) is 36.9 Å². The molecule has 5 atom stereocenters. The van der Waals surface area contributed by atoms with Gasteiger partial charge in [0.05, 0.1) is 6.04 Å². The Kier molecular flexibility index (Phi) is 18.7. The number of rotatable bonds is 21. The maximum absolute atomic E-state index is 13.6. The molecule has 1 heterocycles. The molecule has 0 aromatic carbocycles. The second kappa shape index (κ2) is 21.3. The average molecular weight is 646 g/mol. The third kappa shape index (κ3) is 14.7. The molecule has 12 heteroatoms. The minimum Gasteiger partial charge on any atom is -0.355 e. The zero-order chi connectivity index (χ0) is 34.8. The molecule has 6 N–H and O–H groups in total. The van der Waals surface area contributed by atoms with Crippen LogP contribution >= 0.6 is 0 Å². The molecule has 46 heavy (non-hydrogen) atoms. The number of hydrogen-bond donors (Lipinski definition) is 6. The second-order valence-corrected chi connectivity index (χ2v) is 13.1. The van der Waals surface area contributed by atoms with Crippen LogP contribution in [0.2, 0.25) is 0 Å². The fraction of sp³-hybridized carbons (Fsp3) is 0.706. The third-order valence-electron chi connectivity index (χ3n) is 7.52. The number of amides is 5. The van der Waals surface area contributed by atoms with Crippen LogP contribution in [0, 0.1) is 17.8 Å². The van der Waals surface area contributed by atoms with Crippen LogP contribution in [-0.4, -0.2) is 77.8 Å². The molecular formula is C34H59N7O5. The molecule has 0 bridgehead atoms. The van der Waals surface area contributed by atoms with Gasteiger partial charge in [0.1, 0.15) is 18.1 Å². The number of hydrogen-bond acceptors (Lipinski definition) is 7. The first-order chi connectivity index (χ1) is 21.7. The summed E-state index contributed by atoms with van der Waals surface area (Å²) in [6, 6.07) is 0.0135. The van der Waals surface area contributed by atoms with E-state index in [2.05, 4.69) is 50.7 Å². The summed E-state index contributed by atoms with van der Waals surface area (Å²) < 4.78 is 0. The van der Waals surface area contributed by atoms with Crippen LogP contribution in [0.25, 0.3) is 0 Å². The molecule has 0 aliphatic rings. The fourth-order valence-corrected chi connectivity index (χ4v) is 5.12. The van der Waals surface area contributed by atoms with Crippen LogP contribution in [0.15, 0.2) is 24.5 Å². The van der Waals surface area contributed by atoms with Gasteiger partial charge in [0, 0.05) is 37.1 Å². The van der Waals surface area contributed by atoms with Crippen LogP contribution in [0.4, 0.5) is 0 Å². The van der Waals surface area contributed by atoms with Gasteiger partial charge in [-0.2, -0.15) is 0 Å². The van der Waals surface area contributed by atoms with Gasteiger partial charge >= 0.3 is 0 Å². The van der Waals surface area contributed by atoms with Crippen LogP contribution < -0.4 is 31.9 Å². The van der Waals surface area contributed by atoms with Crippen molar-refractivity contribution in [2.24, 2.45) is 17.8 Å². The minimum absolute atomic E-state index is 0.0872. The molecule has 1 aromatic heterocycles. The Labute approximate surface area is 275 Å². The normalized spacial score (nSPS) is 14.6. The number of carbonyl (C=O) groups is 5. The zero-order valence-electron chi connectivity index (χ0n) is 29.4. The van der Waals surface area contributed by atoms with Crippen LogP contribution in [0.1, 0.15) is 105 Å². The number of pyridine rings is 1. The van der Waals surface area contributed by atoms with E-state index in [0.717, 1.165) is 0 Å². The van der Waals surface area contributed by atoms with Crippen molar-refractivity contribution in [3.63, 3.8) is 0 Å². The molecular weight excluding hydrogens is 586 g/mol. The molecule has 1 rings (SSSR count). The van der Waals surface area contributed by atoms with Crippen molar-refractivity contribution in [3.8, 4) is 0 Å². The van der Waals surface area contributed by atoms with Gasteiger partial charge in [-0.15, -0.1) is 0 Å². The largest absolute Gasteiger partial charge is 0.355 e. The summed E-state index contributed by atoms with van der Waals surface area (Å²) in [7, 11) is 0. The highest BCUT2D eigenvalue weighted by Crippen LogP contribution is 2.10. The number of nitrogens with zero attached hydrogens (tertiary/aromatic N) is 1. The first kappa shape index (κ1) is 40.5. The smallest absolute Gasteiger partial charge is 0.252 e. The highest BCUT2D eigenvalue weighted by Gasteiger charge is 2.30. The molecule has 5 amide bonds. The van der Waals surface area contributed by atoms with E-state index >= 15 is 0 Å². The lowest BCUT2D eigenvalue weighted by Crippen LogP contribution is -2.58. The van der Waals surface area contributed by atoms with Crippen LogP contribution in [0.5, 0.6) is 0 Å². The Hall–Kier alpha value is -3.54. The van der Waals surface area contributed by atoms with Gasteiger partial charge in [-0.3, -0.25) is 29.0 Å². The lowest BCUT2D eigenvalue weighted by Gasteiger charge is -2.28. The quantitative estimate of drug-likeness (QED) is 0.119. The van der Waals surface area contributed by atoms with E-state index < -0.39 is 30.1 Å². The minimum atomic E-state index is -0.821. The van der Waals surface area contributed by atoms with Crippen molar-refractivity contribution in [1.29, 1.82) is 0 Å². The maximum atomic E-state index is 13.6. The van der Waals surface area contributed by atoms with Crippen LogP contribution in [-0.2, 0) is 19.2 Å². The van der Waals surface area contributed by atoms with Crippen molar-refractivity contribution in [2.45, 2.75) is 125 Å². The van der Waals surface area contributed by atoms with Gasteiger partial charge in [-0.25, -0.2) is 0 Å². The van der Waals surface area contributed by atoms with E-state index in [-0.39, 0.29) is 47.4 Å². The van der Waals surface area contributed by atoms with Gasteiger partial charge in [-0.1, -0.05) is 61.8 Å². The van der Waals surface area contributed by atoms with Crippen molar-refractivity contribution in [2.75, 3.05) is 13.1 Å². The Morgan fingerprint density at radius 2 is 1.28 bits per heavy atom. The fourth-order valence-electron chi connectivity index (χ4n) is 5.12. The van der Waals surface area contributed by atoms with Crippen molar-refractivity contribution >= 4 is 29.5 Å². The summed E-state index contributed by atoms with van der Waals surface area (Å²) >= 11 is 0. The van der Waals surface area contributed by atoms with Gasteiger partial charge in [0.2, 0.25) is 23.6 Å². The van der Waals surface area contributed by atoms with Gasteiger partial charge < -0.3 is 31.9 Å². The lowest BCUT2D eigenvalue weighted by atomic mass is 10.0. The first-order valence-corrected chi connectivity index (χ1v) is 16.9. The van der Waals surface area contributed by atoms with Crippen LogP contribution in [0.3, 0.4) is 0 Å². The Morgan fingerprint density at radius 1 is 0.696 bits per heavy atom. The van der Waals surface area contributed by atoms with Gasteiger partial charge in [0.25, 0.3) is 5.91 Å². The number of aromatic nitrogens is 1. The average Bonchev–Trinajstić information content (AvgIpc) is 2.99. The van der Waals surface area contributed by atoms with E-state index in [1.165, 1.54) is 12.4 Å². The molecule has 0 aliphatic heterocycles. The molecule has 0 saturated carbocycles. The summed E-state index contributed by atoms with van der Waals surface area (Å²) in [4.78, 5) is 69.5. The molecule has 0 spiro atoms. The Morgan fingerprint density at radius 3 is 1.80 bits per heavy atom. The molecule has 260 valence electrons. The first-order valence-electron chi connectivity index (χ1n) is 16.9. The highest BCUT2D eigenvalue weighted by molar-refractivity contribution is 5.98. The summed E-state index contributed by atoms with van der Waals surface area (Å²) in [5, 5.41) is 17.7. The molecule has 12 nitrogen and oxygen atoms in total. The van der Waals surface area contributed by atoms with Gasteiger partial charge in [-0.05, 0) is 62.5 Å². The van der Waals surface area contributed by atoms with E-state index in [1.807, 2.05) is 48.5 Å². The van der Waals surface area contributed by atoms with Crippen molar-refractivity contribution < 1.29 is 24.0 Å². The summed E-state index contributed by atoms with van der Waals surface area (Å²) in [5.74, 6) is -1.34. The second-order valence-electron chi connectivity index (χ2n) is 13.1. The molecule has 1 aromatic rings. The third-order valence-corrected chi connectivity index (χ3v) is 7.52. The number of likely N-dealkylation sites (N-methyl/N-ethyl adjacent to an activating group) is 1. The molecule has 0 aliphatic carbocycles. The summed E-state index contributed by atoms with van der Waals surface area (Å²) in [6.07, 6.45) is 5.65. The van der Waals surface area contributed by atoms with E-state index in [0.29, 0.717) is 50.8 Å². The molecule has 0 radical (unpaired) electrons. The number of carbonyl (C=O) groups excluding carboxylic acids is 5. The molecule has 0 saturated heterocycles. The lowest BCUT2D eigenvalue weighted by molar-refractivity contribution is -0.131. The predicted molar refractivity (Wildman–Crippen MR) is 181 cm³/mol. The Bertz CT molecular complexity index is 1100. The highest BCUT2D eigenvalue weighted by atomic mass is 16.2. The topological polar surface area (TPSA) is 170 Å². The van der Waals surface area contributed by atoms with E-state index in [9.17, 15) is 24.0 Å². The molecule has 0 fully saturated rings. The summed E-state index contributed by atoms with van der Waals surface area (Å²) in [6.45, 7) is 18.3. The number of nitrogens with one attached hydrogen (secondary N) is 6. The van der Waals surface area contributed by atoms with Gasteiger partial charge in [0.15, 0.2) is 0 Å². The van der Waals surface area contributed by atoms with E-state index in [4.69, 9.17) is 0 Å². The zero-order valence-corrected chi connectivity index (χ0v) is 29.4. The molecule has 2 unspecified atom stereocenters. The maximum Gasteiger partial charge on any atom is 0.252 e. The summed E-state index contributed by atoms with van der Waals surface area (Å²) in [5.41, 5.74) is 0.395. The SMILES string of the molecule is CCC[C@H](NC(=O)[C@H](CC(C)C)NC(=O)c1ccncc1)C(=O)NC(CN[C@@H](CC)C(=O)NC(C(=O)NCC)C(C)C)CC(C)C. The predicted octanol–water partition coefficient (Wildman–Crippen LogP) is 2.69. The monoisotopic (exact) mass is 645 g/mol. The standard InChI is InChI=1S/C34H59N7O5/c1-10-13-27(39-33(45)28(19-22(6)7)40-30(42)24-14-16-35-17-15-24)32(44)38-25(18-21(4)5)20-37-26(11-2)31(43)41-29(23(8)9)34(46)36-12-3/h14-17,21-23,25-29,37H,10-13,18-20H2,1-9H3,(H,36,46)(H,38,44)(H,39,45)(H,40,42)(H,41,43)/t25?,26-,27-,28-,29?/m0/s1. The van der Waals surface area contributed by atoms with Crippen molar-refractivity contribution in [3.05, 3.63) is 30.1 Å². The Balaban J connectivity index is 3.00.